The largest absolute Gasteiger partial charge is 0.494 e. The fourth-order valence-electron chi connectivity index (χ4n) is 8.32. The highest BCUT2D eigenvalue weighted by molar-refractivity contribution is 6.01. The number of hydrogen-bond acceptors (Lipinski definition) is 5. The van der Waals surface area contributed by atoms with Crippen molar-refractivity contribution >= 4 is 39.4 Å². The molecule has 46 heavy (non-hydrogen) atoms. The zero-order valence-electron chi connectivity index (χ0n) is 26.3. The number of methoxy groups -OCH3 is 1. The first kappa shape index (κ1) is 27.7. The molecular weight excluding hydrogens is 576 g/mol. The maximum Gasteiger partial charge on any atom is 0.254 e. The minimum Gasteiger partial charge on any atom is -0.494 e. The molecule has 5 aromatic rings. The normalized spacial score (nSPS) is 22.1. The van der Waals surface area contributed by atoms with Gasteiger partial charge in [0.15, 0.2) is 5.82 Å². The van der Waals surface area contributed by atoms with Gasteiger partial charge in [-0.05, 0) is 91.0 Å². The van der Waals surface area contributed by atoms with Crippen molar-refractivity contribution < 1.29 is 14.3 Å². The van der Waals surface area contributed by atoms with Crippen LogP contribution >= 0.6 is 0 Å². The molecule has 2 saturated carbocycles. The summed E-state index contributed by atoms with van der Waals surface area (Å²) in [5, 5.41) is 4.21. The number of aryl methyl sites for hydroxylation is 1. The van der Waals surface area contributed by atoms with Crippen molar-refractivity contribution in [3.05, 3.63) is 65.7 Å². The molecular formula is C37H38N6O3. The van der Waals surface area contributed by atoms with Crippen LogP contribution in [-0.4, -0.2) is 56.6 Å². The molecule has 2 aliphatic carbocycles. The average Bonchev–Trinajstić information content (AvgIpc) is 3.47. The Morgan fingerprint density at radius 2 is 1.93 bits per heavy atom. The number of likely N-dealkylation sites (tertiary alicyclic amines) is 1. The van der Waals surface area contributed by atoms with Crippen LogP contribution in [0.1, 0.15) is 48.0 Å². The number of rotatable bonds is 6. The first-order valence-electron chi connectivity index (χ1n) is 16.5. The van der Waals surface area contributed by atoms with E-state index >= 15 is 0 Å². The molecule has 1 saturated heterocycles. The lowest BCUT2D eigenvalue weighted by Crippen LogP contribution is -2.41. The Morgan fingerprint density at radius 1 is 1.07 bits per heavy atom. The van der Waals surface area contributed by atoms with Gasteiger partial charge >= 0.3 is 0 Å². The second-order valence-electron chi connectivity index (χ2n) is 13.7. The van der Waals surface area contributed by atoms with Crippen LogP contribution < -0.4 is 15.8 Å². The Labute approximate surface area is 267 Å². The number of benzene rings is 3. The molecule has 9 heteroatoms. The molecule has 4 aliphatic rings. The van der Waals surface area contributed by atoms with Crippen molar-refractivity contribution in [1.82, 2.24) is 19.0 Å². The lowest BCUT2D eigenvalue weighted by Gasteiger charge is -2.27. The first-order valence-corrected chi connectivity index (χ1v) is 16.5. The summed E-state index contributed by atoms with van der Waals surface area (Å²) in [6.07, 6.45) is 5.78. The summed E-state index contributed by atoms with van der Waals surface area (Å²) >= 11 is 0. The summed E-state index contributed by atoms with van der Waals surface area (Å²) in [5.74, 6) is 2.61. The van der Waals surface area contributed by atoms with Gasteiger partial charge in [0.05, 0.1) is 18.3 Å². The molecule has 9 nitrogen and oxygen atoms in total. The first-order chi connectivity index (χ1) is 22.4. The second kappa shape index (κ2) is 10.2. The molecule has 3 aromatic carbocycles. The number of carbonyl (C=O) groups is 2. The van der Waals surface area contributed by atoms with Crippen molar-refractivity contribution in [1.29, 1.82) is 0 Å². The molecule has 2 bridgehead atoms. The van der Waals surface area contributed by atoms with E-state index in [2.05, 4.69) is 44.8 Å². The average molecular weight is 615 g/mol. The van der Waals surface area contributed by atoms with Crippen molar-refractivity contribution in [3.63, 3.8) is 0 Å². The maximum atomic E-state index is 13.8. The number of carbonyl (C=O) groups excluding carboxylic acids is 2. The van der Waals surface area contributed by atoms with Crippen molar-refractivity contribution in [2.75, 3.05) is 19.0 Å². The predicted molar refractivity (Wildman–Crippen MR) is 179 cm³/mol. The van der Waals surface area contributed by atoms with E-state index in [0.717, 1.165) is 77.1 Å². The fourth-order valence-corrected chi connectivity index (χ4v) is 8.32. The molecule has 0 spiro atoms. The van der Waals surface area contributed by atoms with E-state index < -0.39 is 0 Å². The Morgan fingerprint density at radius 3 is 2.70 bits per heavy atom. The fraction of sp³-hybridized carbons (Fsp3) is 0.378. The standard InChI is InChI=1S/C37H38N6O3/c1-41-35-28(14-24(17-32(35)46-2)37(45)43-19-23-10-12-29(43)34(23)38)40-36(41)31-16-22-9-8-21(15-30(22)42(31)18-20-6-7-20)25-4-3-5-27-26(25)11-13-33(44)39-27/h3-5,8-9,14-17,20,23,29,34H,6-7,10-13,18-19,38H2,1-2H3,(H,39,44)/t23?,29?,34-/m1/s1. The number of imidazole rings is 1. The highest BCUT2D eigenvalue weighted by atomic mass is 16.5. The monoisotopic (exact) mass is 614 g/mol. The van der Waals surface area contributed by atoms with Crippen LogP contribution in [0.5, 0.6) is 5.75 Å². The third-order valence-electron chi connectivity index (χ3n) is 10.9. The summed E-state index contributed by atoms with van der Waals surface area (Å²) < 4.78 is 10.4. The maximum absolute atomic E-state index is 13.8. The molecule has 2 aliphatic heterocycles. The third-order valence-corrected chi connectivity index (χ3v) is 10.9. The Kier molecular flexibility index (Phi) is 6.13. The van der Waals surface area contributed by atoms with Crippen LogP contribution in [0.2, 0.25) is 0 Å². The molecule has 4 heterocycles. The van der Waals surface area contributed by atoms with Gasteiger partial charge in [0.25, 0.3) is 5.91 Å². The predicted octanol–water partition coefficient (Wildman–Crippen LogP) is 5.73. The van der Waals surface area contributed by atoms with Crippen LogP contribution in [0.4, 0.5) is 5.69 Å². The highest BCUT2D eigenvalue weighted by Gasteiger charge is 2.47. The molecule has 2 amide bonds. The van der Waals surface area contributed by atoms with E-state index in [1.165, 1.54) is 23.9 Å². The molecule has 3 fully saturated rings. The molecule has 3 N–H and O–H groups in total. The van der Waals surface area contributed by atoms with Crippen molar-refractivity contribution in [3.8, 4) is 28.4 Å². The van der Waals surface area contributed by atoms with Crippen molar-refractivity contribution in [2.45, 2.75) is 57.2 Å². The lowest BCUT2D eigenvalue weighted by molar-refractivity contribution is -0.116. The number of nitrogens with one attached hydrogen (secondary N) is 1. The number of piperidine rings is 1. The number of aromatic nitrogens is 3. The van der Waals surface area contributed by atoms with E-state index in [1.807, 2.05) is 36.2 Å². The van der Waals surface area contributed by atoms with Gasteiger partial charge in [0.1, 0.15) is 11.3 Å². The smallest absolute Gasteiger partial charge is 0.254 e. The highest BCUT2D eigenvalue weighted by Crippen LogP contribution is 2.41. The van der Waals surface area contributed by atoms with E-state index in [9.17, 15) is 9.59 Å². The summed E-state index contributed by atoms with van der Waals surface area (Å²) in [5.41, 5.74) is 15.3. The Bertz CT molecular complexity index is 2090. The van der Waals surface area contributed by atoms with Gasteiger partial charge in [0, 0.05) is 60.8 Å². The molecule has 9 rings (SSSR count). The molecule has 2 aromatic heterocycles. The van der Waals surface area contributed by atoms with E-state index in [-0.39, 0.29) is 23.9 Å². The van der Waals surface area contributed by atoms with Crippen LogP contribution in [0, 0.1) is 11.8 Å². The minimum absolute atomic E-state index is 0.00750. The lowest BCUT2D eigenvalue weighted by atomic mass is 9.92. The van der Waals surface area contributed by atoms with Crippen LogP contribution in [0.3, 0.4) is 0 Å². The Balaban J connectivity index is 1.15. The topological polar surface area (TPSA) is 107 Å². The number of anilines is 1. The SMILES string of the molecule is COc1cc(C(=O)N2CC3CCC2[C@@H]3N)cc2nc(-c3cc4ccc(-c5cccc6c5CCC(=O)N6)cc4n3CC3CC3)n(C)c12. The zero-order valence-corrected chi connectivity index (χ0v) is 26.3. The minimum atomic E-state index is 0.00750. The number of amides is 2. The summed E-state index contributed by atoms with van der Waals surface area (Å²) in [6, 6.07) is 19.1. The van der Waals surface area contributed by atoms with Crippen LogP contribution in [-0.2, 0) is 24.8 Å². The van der Waals surface area contributed by atoms with Crippen LogP contribution in [0.25, 0.3) is 44.6 Å². The van der Waals surface area contributed by atoms with Gasteiger partial charge in [-0.3, -0.25) is 9.59 Å². The number of nitrogens with two attached hydrogens (primary N) is 1. The molecule has 234 valence electrons. The molecule has 3 atom stereocenters. The van der Waals surface area contributed by atoms with Crippen molar-refractivity contribution in [2.24, 2.45) is 24.6 Å². The summed E-state index contributed by atoms with van der Waals surface area (Å²) in [4.78, 5) is 33.0. The van der Waals surface area contributed by atoms with Crippen LogP contribution in [0.15, 0.2) is 54.6 Å². The van der Waals surface area contributed by atoms with Gasteiger partial charge in [0.2, 0.25) is 5.91 Å². The number of hydrogen-bond donors (Lipinski definition) is 2. The van der Waals surface area contributed by atoms with E-state index in [4.69, 9.17) is 15.5 Å². The number of nitrogens with zero attached hydrogens (tertiary/aromatic N) is 4. The van der Waals surface area contributed by atoms with E-state index in [1.54, 1.807) is 7.11 Å². The van der Waals surface area contributed by atoms with Gasteiger partial charge < -0.3 is 29.8 Å². The quantitative estimate of drug-likeness (QED) is 0.254. The van der Waals surface area contributed by atoms with Gasteiger partial charge in [-0.15, -0.1) is 0 Å². The molecule has 2 unspecified atom stereocenters. The third kappa shape index (κ3) is 4.21. The second-order valence-corrected chi connectivity index (χ2v) is 13.7. The zero-order chi connectivity index (χ0) is 31.3. The van der Waals surface area contributed by atoms with Gasteiger partial charge in [-0.25, -0.2) is 4.98 Å². The molecule has 0 radical (unpaired) electrons. The van der Waals surface area contributed by atoms with E-state index in [0.29, 0.717) is 29.6 Å². The number of ether oxygens (including phenoxy) is 1. The Hall–Kier alpha value is -4.63. The summed E-state index contributed by atoms with van der Waals surface area (Å²) in [6.45, 7) is 1.65. The number of fused-ring (bicyclic) bond motifs is 5. The summed E-state index contributed by atoms with van der Waals surface area (Å²) in [7, 11) is 3.69. The van der Waals surface area contributed by atoms with Gasteiger partial charge in [-0.1, -0.05) is 24.3 Å². The van der Waals surface area contributed by atoms with Gasteiger partial charge in [-0.2, -0.15) is 0 Å².